The monoisotopic (exact) mass is 495 g/mol. The molecule has 4 fully saturated rings. The zero-order valence-electron chi connectivity index (χ0n) is 23.5. The van der Waals surface area contributed by atoms with Crippen LogP contribution in [0, 0.1) is 46.3 Å². The molecule has 0 radical (unpaired) electrons. The number of benzene rings is 1. The first-order valence-electron chi connectivity index (χ1n) is 15.2. The molecule has 9 atom stereocenters. The number of ether oxygens (including phenoxy) is 1. The Hall–Kier alpha value is -1.42. The average Bonchev–Trinajstić information content (AvgIpc) is 3.18. The molecule has 4 heteroatoms. The fourth-order valence-corrected chi connectivity index (χ4v) is 9.89. The summed E-state index contributed by atoms with van der Waals surface area (Å²) in [5.41, 5.74) is 21.3. The summed E-state index contributed by atoms with van der Waals surface area (Å²) in [5, 5.41) is 0. The third-order valence-corrected chi connectivity index (χ3v) is 11.9. The van der Waals surface area contributed by atoms with Gasteiger partial charge >= 0.3 is 0 Å². The lowest BCUT2D eigenvalue weighted by molar-refractivity contribution is -0.125. The summed E-state index contributed by atoms with van der Waals surface area (Å²) in [4.78, 5) is 0. The molecule has 0 heterocycles. The summed E-state index contributed by atoms with van der Waals surface area (Å²) < 4.78 is 6.45. The molecule has 9 unspecified atom stereocenters. The standard InChI is InChI=1S/C32H53N3O/c1-20(2)6-5-7-28(34)27-12-11-25-24-10-8-21-18-23(36-30-13-9-22(33)19-29(30)35)14-16-31(21,3)26(24)15-17-32(25,27)4/h9,13,19-21,23-28H,5-8,10-12,14-18,33-35H2,1-4H3. The summed E-state index contributed by atoms with van der Waals surface area (Å²) >= 11 is 0. The Morgan fingerprint density at radius 3 is 2.42 bits per heavy atom. The van der Waals surface area contributed by atoms with Gasteiger partial charge in [0.1, 0.15) is 5.75 Å². The van der Waals surface area contributed by atoms with Crippen molar-refractivity contribution in [1.82, 2.24) is 0 Å². The maximum absolute atomic E-state index is 6.93. The predicted octanol–water partition coefficient (Wildman–Crippen LogP) is 7.41. The van der Waals surface area contributed by atoms with Crippen molar-refractivity contribution < 1.29 is 4.74 Å². The van der Waals surface area contributed by atoms with E-state index in [0.29, 0.717) is 28.2 Å². The van der Waals surface area contributed by atoms with E-state index in [4.69, 9.17) is 21.9 Å². The van der Waals surface area contributed by atoms with Crippen molar-refractivity contribution in [3.8, 4) is 5.75 Å². The van der Waals surface area contributed by atoms with Crippen LogP contribution < -0.4 is 21.9 Å². The zero-order valence-corrected chi connectivity index (χ0v) is 23.5. The molecule has 36 heavy (non-hydrogen) atoms. The number of fused-ring (bicyclic) bond motifs is 5. The molecule has 0 spiro atoms. The highest BCUT2D eigenvalue weighted by Crippen LogP contribution is 2.68. The minimum Gasteiger partial charge on any atom is -0.488 e. The molecule has 1 aromatic rings. The van der Waals surface area contributed by atoms with Gasteiger partial charge in [0.15, 0.2) is 0 Å². The molecule has 4 nitrogen and oxygen atoms in total. The normalized spacial score (nSPS) is 40.8. The first-order chi connectivity index (χ1) is 17.1. The zero-order chi connectivity index (χ0) is 25.7. The van der Waals surface area contributed by atoms with Crippen LogP contribution in [-0.2, 0) is 0 Å². The van der Waals surface area contributed by atoms with E-state index in [0.717, 1.165) is 47.7 Å². The number of anilines is 2. The van der Waals surface area contributed by atoms with Crippen molar-refractivity contribution in [2.75, 3.05) is 11.5 Å². The van der Waals surface area contributed by atoms with Crippen molar-refractivity contribution in [2.24, 2.45) is 52.1 Å². The summed E-state index contributed by atoms with van der Waals surface area (Å²) in [6.45, 7) is 9.96. The van der Waals surface area contributed by atoms with Gasteiger partial charge in [-0.2, -0.15) is 0 Å². The molecule has 0 aliphatic heterocycles. The van der Waals surface area contributed by atoms with Gasteiger partial charge in [0.05, 0.1) is 11.8 Å². The molecule has 6 N–H and O–H groups in total. The molecular formula is C32H53N3O. The van der Waals surface area contributed by atoms with Crippen LogP contribution >= 0.6 is 0 Å². The topological polar surface area (TPSA) is 87.3 Å². The van der Waals surface area contributed by atoms with Crippen LogP contribution in [0.5, 0.6) is 5.75 Å². The summed E-state index contributed by atoms with van der Waals surface area (Å²) in [5.74, 6) is 5.78. The maximum atomic E-state index is 6.93. The predicted molar refractivity (Wildman–Crippen MR) is 152 cm³/mol. The number of nitrogen functional groups attached to an aromatic ring is 2. The van der Waals surface area contributed by atoms with Gasteiger partial charge in [-0.25, -0.2) is 0 Å². The molecule has 4 aliphatic rings. The van der Waals surface area contributed by atoms with E-state index in [9.17, 15) is 0 Å². The first kappa shape index (κ1) is 26.2. The number of hydrogen-bond donors (Lipinski definition) is 3. The first-order valence-corrected chi connectivity index (χ1v) is 15.2. The van der Waals surface area contributed by atoms with Crippen molar-refractivity contribution in [1.29, 1.82) is 0 Å². The Labute approximate surface area is 220 Å². The Morgan fingerprint density at radius 1 is 0.917 bits per heavy atom. The SMILES string of the molecule is CC(C)CCCC(N)C1CCC2C3CCC4CC(Oc5ccc(N)cc5N)CCC4(C)C3CCC12C. The second-order valence-electron chi connectivity index (χ2n) is 14.2. The second-order valence-corrected chi connectivity index (χ2v) is 14.2. The largest absolute Gasteiger partial charge is 0.488 e. The molecule has 4 saturated carbocycles. The number of nitrogens with two attached hydrogens (primary N) is 3. The lowest BCUT2D eigenvalue weighted by Gasteiger charge is -2.61. The second kappa shape index (κ2) is 10.0. The molecule has 0 saturated heterocycles. The molecule has 0 aromatic heterocycles. The lowest BCUT2D eigenvalue weighted by Crippen LogP contribution is -2.55. The third kappa shape index (κ3) is 4.65. The Kier molecular flexibility index (Phi) is 7.31. The Morgan fingerprint density at radius 2 is 1.67 bits per heavy atom. The smallest absolute Gasteiger partial charge is 0.142 e. The number of hydrogen-bond acceptors (Lipinski definition) is 4. The van der Waals surface area contributed by atoms with Crippen molar-refractivity contribution in [3.05, 3.63) is 18.2 Å². The fraction of sp³-hybridized carbons (Fsp3) is 0.812. The van der Waals surface area contributed by atoms with Gasteiger partial charge < -0.3 is 21.9 Å². The summed E-state index contributed by atoms with van der Waals surface area (Å²) in [7, 11) is 0. The van der Waals surface area contributed by atoms with Crippen LogP contribution in [0.1, 0.15) is 105 Å². The van der Waals surface area contributed by atoms with Crippen LogP contribution in [0.2, 0.25) is 0 Å². The minimum absolute atomic E-state index is 0.277. The van der Waals surface area contributed by atoms with Crippen LogP contribution in [0.25, 0.3) is 0 Å². The lowest BCUT2D eigenvalue weighted by atomic mass is 9.44. The van der Waals surface area contributed by atoms with Gasteiger partial charge in [-0.15, -0.1) is 0 Å². The van der Waals surface area contributed by atoms with Crippen molar-refractivity contribution in [2.45, 2.75) is 117 Å². The molecule has 1 aromatic carbocycles. The Balaban J connectivity index is 1.24. The van der Waals surface area contributed by atoms with Gasteiger partial charge in [0, 0.05) is 11.7 Å². The van der Waals surface area contributed by atoms with Gasteiger partial charge in [-0.05, 0) is 129 Å². The molecule has 4 aliphatic carbocycles. The van der Waals surface area contributed by atoms with Gasteiger partial charge in [0.2, 0.25) is 0 Å². The maximum Gasteiger partial charge on any atom is 0.142 e. The summed E-state index contributed by atoms with van der Waals surface area (Å²) in [6.07, 6.45) is 16.1. The van der Waals surface area contributed by atoms with Crippen LogP contribution in [0.15, 0.2) is 18.2 Å². The van der Waals surface area contributed by atoms with Gasteiger partial charge in [0.25, 0.3) is 0 Å². The average molecular weight is 496 g/mol. The summed E-state index contributed by atoms with van der Waals surface area (Å²) in [6, 6.07) is 6.06. The van der Waals surface area contributed by atoms with E-state index in [1.165, 1.54) is 70.6 Å². The number of rotatable bonds is 7. The van der Waals surface area contributed by atoms with E-state index in [-0.39, 0.29) is 6.10 Å². The molecule has 0 bridgehead atoms. The van der Waals surface area contributed by atoms with Crippen molar-refractivity contribution in [3.63, 3.8) is 0 Å². The molecular weight excluding hydrogens is 442 g/mol. The van der Waals surface area contributed by atoms with Crippen LogP contribution in [0.3, 0.4) is 0 Å². The quantitative estimate of drug-likeness (QED) is 0.344. The highest BCUT2D eigenvalue weighted by atomic mass is 16.5. The van der Waals surface area contributed by atoms with E-state index >= 15 is 0 Å². The highest BCUT2D eigenvalue weighted by Gasteiger charge is 2.60. The van der Waals surface area contributed by atoms with Crippen LogP contribution in [0.4, 0.5) is 11.4 Å². The van der Waals surface area contributed by atoms with Crippen molar-refractivity contribution >= 4 is 11.4 Å². The van der Waals surface area contributed by atoms with E-state index < -0.39 is 0 Å². The third-order valence-electron chi connectivity index (χ3n) is 11.9. The Bertz CT molecular complexity index is 917. The van der Waals surface area contributed by atoms with Crippen LogP contribution in [-0.4, -0.2) is 12.1 Å². The highest BCUT2D eigenvalue weighted by molar-refractivity contribution is 5.60. The molecule has 0 amide bonds. The minimum atomic E-state index is 0.277. The van der Waals surface area contributed by atoms with E-state index in [1.54, 1.807) is 0 Å². The molecule has 202 valence electrons. The molecule has 5 rings (SSSR count). The van der Waals surface area contributed by atoms with Gasteiger partial charge in [-0.1, -0.05) is 40.5 Å². The van der Waals surface area contributed by atoms with E-state index in [2.05, 4.69) is 27.7 Å². The fourth-order valence-electron chi connectivity index (χ4n) is 9.89. The van der Waals surface area contributed by atoms with Gasteiger partial charge in [-0.3, -0.25) is 0 Å². The van der Waals surface area contributed by atoms with E-state index in [1.807, 2.05) is 18.2 Å².